The van der Waals surface area contributed by atoms with Crippen molar-refractivity contribution in [1.29, 1.82) is 0 Å². The van der Waals surface area contributed by atoms with Gasteiger partial charge in [-0.1, -0.05) is 30.3 Å². The van der Waals surface area contributed by atoms with Crippen LogP contribution in [0.1, 0.15) is 40.5 Å². The van der Waals surface area contributed by atoms with Gasteiger partial charge in [0.05, 0.1) is 12.6 Å². The van der Waals surface area contributed by atoms with E-state index < -0.39 is 0 Å². The Bertz CT molecular complexity index is 1050. The molecule has 28 heavy (non-hydrogen) atoms. The lowest BCUT2D eigenvalue weighted by Gasteiger charge is -2.32. The van der Waals surface area contributed by atoms with Crippen LogP contribution < -0.4 is 5.56 Å². The van der Waals surface area contributed by atoms with Crippen molar-refractivity contribution in [2.75, 3.05) is 6.54 Å². The van der Waals surface area contributed by atoms with Crippen molar-refractivity contribution in [3.63, 3.8) is 0 Å². The van der Waals surface area contributed by atoms with Gasteiger partial charge < -0.3 is 14.0 Å². The van der Waals surface area contributed by atoms with Crippen molar-refractivity contribution >= 4 is 5.91 Å². The summed E-state index contributed by atoms with van der Waals surface area (Å²) in [5.41, 5.74) is 1.49. The number of nitrogens with zero attached hydrogens (tertiary/aromatic N) is 5. The third-order valence-corrected chi connectivity index (χ3v) is 5.21. The fraction of sp³-hybridized carbons (Fsp3) is 0.333. The minimum absolute atomic E-state index is 0.0834. The van der Waals surface area contributed by atoms with E-state index in [2.05, 4.69) is 33.8 Å². The van der Waals surface area contributed by atoms with E-state index in [1.165, 1.54) is 16.2 Å². The van der Waals surface area contributed by atoms with Gasteiger partial charge in [-0.2, -0.15) is 0 Å². The predicted octanol–water partition coefficient (Wildman–Crippen LogP) is 1.98. The van der Waals surface area contributed by atoms with Crippen molar-refractivity contribution in [2.45, 2.75) is 32.4 Å². The first-order valence-electron chi connectivity index (χ1n) is 9.45. The molecule has 1 aliphatic heterocycles. The van der Waals surface area contributed by atoms with Crippen molar-refractivity contribution in [3.8, 4) is 0 Å². The molecular formula is C21H23N5O2. The van der Waals surface area contributed by atoms with Gasteiger partial charge in [-0.3, -0.25) is 9.59 Å². The molecule has 1 aromatic carbocycles. The Labute approximate surface area is 163 Å². The van der Waals surface area contributed by atoms with Crippen molar-refractivity contribution in [3.05, 3.63) is 81.8 Å². The molecule has 0 N–H and O–H groups in total. The van der Waals surface area contributed by atoms with Crippen LogP contribution in [0.5, 0.6) is 0 Å². The molecule has 2 aromatic heterocycles. The summed E-state index contributed by atoms with van der Waals surface area (Å²) in [6.07, 6.45) is 3.33. The summed E-state index contributed by atoms with van der Waals surface area (Å²) in [6, 6.07) is 13.5. The molecule has 0 aliphatic carbocycles. The first kappa shape index (κ1) is 18.2. The minimum Gasteiger partial charge on any atom is -0.329 e. The van der Waals surface area contributed by atoms with E-state index in [1.54, 1.807) is 24.2 Å². The van der Waals surface area contributed by atoms with Crippen LogP contribution in [0.4, 0.5) is 0 Å². The highest BCUT2D eigenvalue weighted by Crippen LogP contribution is 2.23. The van der Waals surface area contributed by atoms with Crippen LogP contribution in [0.2, 0.25) is 0 Å². The van der Waals surface area contributed by atoms with Gasteiger partial charge in [0.25, 0.3) is 11.5 Å². The predicted molar refractivity (Wildman–Crippen MR) is 105 cm³/mol. The molecule has 0 saturated carbocycles. The maximum absolute atomic E-state index is 12.9. The summed E-state index contributed by atoms with van der Waals surface area (Å²) in [7, 11) is 1.67. The molecule has 4 rings (SSSR count). The van der Waals surface area contributed by atoms with E-state index in [1.807, 2.05) is 18.2 Å². The number of carbonyl (C=O) groups excluding carboxylic acids is 1. The van der Waals surface area contributed by atoms with Gasteiger partial charge in [-0.05, 0) is 25.0 Å². The topological polar surface area (TPSA) is 73.0 Å². The molecule has 0 radical (unpaired) electrons. The molecule has 1 amide bonds. The largest absolute Gasteiger partial charge is 0.329 e. The number of rotatable bonds is 4. The number of carbonyl (C=O) groups is 1. The van der Waals surface area contributed by atoms with Crippen molar-refractivity contribution in [2.24, 2.45) is 7.05 Å². The van der Waals surface area contributed by atoms with Gasteiger partial charge in [-0.25, -0.2) is 0 Å². The summed E-state index contributed by atoms with van der Waals surface area (Å²) in [5, 5.41) is 8.71. The Balaban J connectivity index is 1.51. The van der Waals surface area contributed by atoms with E-state index in [4.69, 9.17) is 0 Å². The molecule has 0 unspecified atom stereocenters. The second kappa shape index (κ2) is 7.42. The molecule has 1 aliphatic rings. The van der Waals surface area contributed by atoms with Gasteiger partial charge in [-0.15, -0.1) is 10.2 Å². The molecular weight excluding hydrogens is 354 g/mol. The zero-order valence-corrected chi connectivity index (χ0v) is 16.1. The maximum Gasteiger partial charge on any atom is 0.254 e. The third-order valence-electron chi connectivity index (χ3n) is 5.21. The molecule has 3 heterocycles. The first-order chi connectivity index (χ1) is 13.5. The average molecular weight is 377 g/mol. The zero-order valence-electron chi connectivity index (χ0n) is 16.1. The SMILES string of the molecule is C[C@H]1CN(C(=O)c2ccn(C)c(=O)c2)Cc2nnc(CCc3ccccc3)n21. The summed E-state index contributed by atoms with van der Waals surface area (Å²) in [4.78, 5) is 26.4. The molecule has 0 saturated heterocycles. The number of aryl methyl sites for hydroxylation is 3. The number of hydrogen-bond acceptors (Lipinski definition) is 4. The van der Waals surface area contributed by atoms with Crippen molar-refractivity contribution in [1.82, 2.24) is 24.2 Å². The normalized spacial score (nSPS) is 16.1. The quantitative estimate of drug-likeness (QED) is 0.697. The molecule has 7 heteroatoms. The van der Waals surface area contributed by atoms with Gasteiger partial charge >= 0.3 is 0 Å². The fourth-order valence-electron chi connectivity index (χ4n) is 3.70. The lowest BCUT2D eigenvalue weighted by atomic mass is 10.1. The lowest BCUT2D eigenvalue weighted by Crippen LogP contribution is -2.41. The Morgan fingerprint density at radius 3 is 2.68 bits per heavy atom. The second-order valence-corrected chi connectivity index (χ2v) is 7.29. The number of benzene rings is 1. The van der Waals surface area contributed by atoms with E-state index in [0.717, 1.165) is 24.5 Å². The van der Waals surface area contributed by atoms with Crippen molar-refractivity contribution < 1.29 is 4.79 Å². The molecule has 0 fully saturated rings. The van der Waals surface area contributed by atoms with E-state index >= 15 is 0 Å². The molecule has 7 nitrogen and oxygen atoms in total. The standard InChI is InChI=1S/C21H23N5O2/c1-15-13-25(21(28)17-10-11-24(2)20(27)12-17)14-19-23-22-18(26(15)19)9-8-16-6-4-3-5-7-16/h3-7,10-12,15H,8-9,13-14H2,1-2H3/t15-/m0/s1. The van der Waals surface area contributed by atoms with Crippen LogP contribution in [-0.2, 0) is 26.4 Å². The van der Waals surface area contributed by atoms with Gasteiger partial charge in [0.15, 0.2) is 5.82 Å². The smallest absolute Gasteiger partial charge is 0.254 e. The second-order valence-electron chi connectivity index (χ2n) is 7.29. The minimum atomic E-state index is -0.192. The van der Waals surface area contributed by atoms with Gasteiger partial charge in [0, 0.05) is 37.8 Å². The Kier molecular flexibility index (Phi) is 4.81. The monoisotopic (exact) mass is 377 g/mol. The van der Waals surface area contributed by atoms with Gasteiger partial charge in [0.2, 0.25) is 0 Å². The van der Waals surface area contributed by atoms with Gasteiger partial charge in [0.1, 0.15) is 5.82 Å². The Hall–Kier alpha value is -3.22. The Morgan fingerprint density at radius 2 is 1.93 bits per heavy atom. The molecule has 0 spiro atoms. The summed E-state index contributed by atoms with van der Waals surface area (Å²) in [5.74, 6) is 1.59. The highest BCUT2D eigenvalue weighted by molar-refractivity contribution is 5.94. The molecule has 1 atom stereocenters. The van der Waals surface area contributed by atoms with Crippen LogP contribution in [0, 0.1) is 0 Å². The van der Waals surface area contributed by atoms with E-state index in [-0.39, 0.29) is 17.5 Å². The van der Waals surface area contributed by atoms with E-state index in [0.29, 0.717) is 18.7 Å². The summed E-state index contributed by atoms with van der Waals surface area (Å²) >= 11 is 0. The zero-order chi connectivity index (χ0) is 19.7. The number of fused-ring (bicyclic) bond motifs is 1. The molecule has 3 aromatic rings. The van der Waals surface area contributed by atoms with E-state index in [9.17, 15) is 9.59 Å². The first-order valence-corrected chi connectivity index (χ1v) is 9.45. The van der Waals surface area contributed by atoms with Crippen LogP contribution in [0.3, 0.4) is 0 Å². The van der Waals surface area contributed by atoms with Crippen LogP contribution in [0.15, 0.2) is 53.5 Å². The number of aromatic nitrogens is 4. The molecule has 144 valence electrons. The highest BCUT2D eigenvalue weighted by atomic mass is 16.2. The van der Waals surface area contributed by atoms with Crippen LogP contribution >= 0.6 is 0 Å². The fourth-order valence-corrected chi connectivity index (χ4v) is 3.70. The maximum atomic E-state index is 12.9. The molecule has 0 bridgehead atoms. The Morgan fingerprint density at radius 1 is 1.14 bits per heavy atom. The average Bonchev–Trinajstić information content (AvgIpc) is 3.12. The van der Waals surface area contributed by atoms with Crippen LogP contribution in [-0.4, -0.2) is 36.7 Å². The lowest BCUT2D eigenvalue weighted by molar-refractivity contribution is 0.0679. The summed E-state index contributed by atoms with van der Waals surface area (Å²) < 4.78 is 3.60. The number of amides is 1. The summed E-state index contributed by atoms with van der Waals surface area (Å²) in [6.45, 7) is 3.04. The number of pyridine rings is 1. The highest BCUT2D eigenvalue weighted by Gasteiger charge is 2.29. The number of hydrogen-bond donors (Lipinski definition) is 0. The third kappa shape index (κ3) is 3.47. The van der Waals surface area contributed by atoms with Crippen LogP contribution in [0.25, 0.3) is 0 Å².